The van der Waals surface area contributed by atoms with Crippen LogP contribution in [0.4, 0.5) is 0 Å². The summed E-state index contributed by atoms with van der Waals surface area (Å²) in [4.78, 5) is 23.6. The Kier molecular flexibility index (Phi) is 4.54. The molecule has 1 aromatic carbocycles. The first kappa shape index (κ1) is 14.0. The van der Waals surface area contributed by atoms with Crippen LogP contribution in [0.1, 0.15) is 18.5 Å². The highest BCUT2D eigenvalue weighted by Crippen LogP contribution is 2.30. The zero-order valence-electron chi connectivity index (χ0n) is 9.28. The Bertz CT molecular complexity index is 464. The summed E-state index contributed by atoms with van der Waals surface area (Å²) < 4.78 is 0.708. The summed E-state index contributed by atoms with van der Waals surface area (Å²) in [7, 11) is 1.43. The molecule has 1 unspecified atom stereocenters. The molecule has 6 heteroatoms. The fourth-order valence-electron chi connectivity index (χ4n) is 1.41. The van der Waals surface area contributed by atoms with Crippen molar-refractivity contribution in [3.05, 3.63) is 33.3 Å². The molecule has 17 heavy (non-hydrogen) atoms. The zero-order chi connectivity index (χ0) is 13.2. The number of halogens is 2. The van der Waals surface area contributed by atoms with Crippen molar-refractivity contribution >= 4 is 39.4 Å². The van der Waals surface area contributed by atoms with Gasteiger partial charge in [0, 0.05) is 29.0 Å². The molecule has 0 bridgehead atoms. The molecule has 0 aliphatic rings. The van der Waals surface area contributed by atoms with Crippen molar-refractivity contribution < 1.29 is 14.7 Å². The van der Waals surface area contributed by atoms with E-state index in [0.717, 1.165) is 4.90 Å². The Labute approximate surface area is 112 Å². The van der Waals surface area contributed by atoms with E-state index in [0.29, 0.717) is 15.1 Å². The Morgan fingerprint density at radius 1 is 1.47 bits per heavy atom. The lowest BCUT2D eigenvalue weighted by Crippen LogP contribution is -2.34. The Morgan fingerprint density at radius 2 is 2.06 bits per heavy atom. The van der Waals surface area contributed by atoms with Crippen LogP contribution in [0.2, 0.25) is 5.02 Å². The highest BCUT2D eigenvalue weighted by Gasteiger charge is 2.28. The van der Waals surface area contributed by atoms with Crippen molar-refractivity contribution in [2.45, 2.75) is 13.0 Å². The first-order chi connectivity index (χ1) is 7.84. The molecular formula is C11H11BrClNO3. The van der Waals surface area contributed by atoms with E-state index in [1.165, 1.54) is 14.0 Å². The van der Waals surface area contributed by atoms with Crippen LogP contribution in [0.15, 0.2) is 22.7 Å². The predicted molar refractivity (Wildman–Crippen MR) is 68.0 cm³/mol. The van der Waals surface area contributed by atoms with Gasteiger partial charge in [0.25, 0.3) is 0 Å². The average Bonchev–Trinajstić information content (AvgIpc) is 2.22. The van der Waals surface area contributed by atoms with Crippen molar-refractivity contribution in [2.24, 2.45) is 0 Å². The van der Waals surface area contributed by atoms with E-state index in [4.69, 9.17) is 11.6 Å². The molecule has 0 heterocycles. The minimum Gasteiger partial charge on any atom is -0.479 e. The summed E-state index contributed by atoms with van der Waals surface area (Å²) in [5.74, 6) is -1.46. The highest BCUT2D eigenvalue weighted by molar-refractivity contribution is 9.10. The van der Waals surface area contributed by atoms with Crippen molar-refractivity contribution in [1.29, 1.82) is 0 Å². The van der Waals surface area contributed by atoms with Gasteiger partial charge in [-0.05, 0) is 18.2 Å². The van der Waals surface area contributed by atoms with Crippen LogP contribution in [-0.2, 0) is 9.59 Å². The number of benzene rings is 1. The van der Waals surface area contributed by atoms with Crippen LogP contribution >= 0.6 is 27.5 Å². The Morgan fingerprint density at radius 3 is 2.53 bits per heavy atom. The van der Waals surface area contributed by atoms with Gasteiger partial charge in [-0.25, -0.2) is 4.79 Å². The van der Waals surface area contributed by atoms with Crippen LogP contribution in [-0.4, -0.2) is 28.9 Å². The lowest BCUT2D eigenvalue weighted by molar-refractivity contribution is -0.148. The summed E-state index contributed by atoms with van der Waals surface area (Å²) >= 11 is 9.21. The number of carboxylic acids is 1. The minimum absolute atomic E-state index is 0.314. The average molecular weight is 321 g/mol. The fraction of sp³-hybridized carbons (Fsp3) is 0.273. The maximum atomic E-state index is 11.3. The monoisotopic (exact) mass is 319 g/mol. The second-order valence-corrected chi connectivity index (χ2v) is 4.86. The molecule has 0 saturated heterocycles. The number of carbonyl (C=O) groups is 2. The van der Waals surface area contributed by atoms with Gasteiger partial charge in [-0.1, -0.05) is 27.5 Å². The van der Waals surface area contributed by atoms with Crippen molar-refractivity contribution in [3.63, 3.8) is 0 Å². The number of rotatable bonds is 3. The number of aliphatic carboxylic acids is 1. The first-order valence-electron chi connectivity index (χ1n) is 4.75. The topological polar surface area (TPSA) is 57.6 Å². The fourth-order valence-corrected chi connectivity index (χ4v) is 2.01. The standard InChI is InChI=1S/C11H11BrClNO3/c1-6(15)14(2)10(11(16)17)8-5-7(12)3-4-9(8)13/h3-5,10H,1-2H3,(H,16,17). The van der Waals surface area contributed by atoms with Crippen molar-refractivity contribution in [2.75, 3.05) is 7.05 Å². The number of hydrogen-bond acceptors (Lipinski definition) is 2. The van der Waals surface area contributed by atoms with E-state index in [9.17, 15) is 14.7 Å². The van der Waals surface area contributed by atoms with E-state index in [1.54, 1.807) is 18.2 Å². The molecule has 0 saturated carbocycles. The maximum absolute atomic E-state index is 11.3. The molecule has 0 radical (unpaired) electrons. The molecule has 4 nitrogen and oxygen atoms in total. The molecule has 0 fully saturated rings. The molecule has 1 aromatic rings. The molecule has 0 aromatic heterocycles. The van der Waals surface area contributed by atoms with Gasteiger partial charge in [0.1, 0.15) is 0 Å². The number of hydrogen-bond donors (Lipinski definition) is 1. The Balaban J connectivity index is 3.27. The van der Waals surface area contributed by atoms with Crippen LogP contribution in [0.25, 0.3) is 0 Å². The molecule has 92 valence electrons. The second-order valence-electron chi connectivity index (χ2n) is 3.54. The third kappa shape index (κ3) is 3.20. The first-order valence-corrected chi connectivity index (χ1v) is 5.93. The van der Waals surface area contributed by atoms with Crippen LogP contribution in [0.5, 0.6) is 0 Å². The number of amides is 1. The molecule has 0 spiro atoms. The van der Waals surface area contributed by atoms with E-state index < -0.39 is 12.0 Å². The number of likely N-dealkylation sites (N-methyl/N-ethyl adjacent to an activating group) is 1. The van der Waals surface area contributed by atoms with Gasteiger partial charge in [0.2, 0.25) is 5.91 Å². The van der Waals surface area contributed by atoms with Crippen molar-refractivity contribution in [1.82, 2.24) is 4.90 Å². The minimum atomic E-state index is -1.12. The van der Waals surface area contributed by atoms with Crippen molar-refractivity contribution in [3.8, 4) is 0 Å². The lowest BCUT2D eigenvalue weighted by Gasteiger charge is -2.24. The van der Waals surface area contributed by atoms with Gasteiger partial charge < -0.3 is 10.0 Å². The highest BCUT2D eigenvalue weighted by atomic mass is 79.9. The molecule has 1 rings (SSSR count). The van der Waals surface area contributed by atoms with E-state index in [1.807, 2.05) is 0 Å². The normalized spacial score (nSPS) is 12.0. The molecule has 0 aliphatic carbocycles. The predicted octanol–water partition coefficient (Wildman–Crippen LogP) is 2.71. The maximum Gasteiger partial charge on any atom is 0.331 e. The molecule has 1 atom stereocenters. The number of carboxylic acid groups (broad SMARTS) is 1. The number of nitrogens with zero attached hydrogens (tertiary/aromatic N) is 1. The van der Waals surface area contributed by atoms with Gasteiger partial charge in [-0.15, -0.1) is 0 Å². The van der Waals surface area contributed by atoms with E-state index >= 15 is 0 Å². The Hall–Kier alpha value is -1.07. The molecule has 1 N–H and O–H groups in total. The van der Waals surface area contributed by atoms with Gasteiger partial charge in [0.05, 0.1) is 0 Å². The van der Waals surface area contributed by atoms with Gasteiger partial charge in [-0.3, -0.25) is 4.79 Å². The van der Waals surface area contributed by atoms with Gasteiger partial charge in [0.15, 0.2) is 6.04 Å². The summed E-state index contributed by atoms with van der Waals surface area (Å²) in [5.41, 5.74) is 0.381. The SMILES string of the molecule is CC(=O)N(C)C(C(=O)O)c1cc(Br)ccc1Cl. The zero-order valence-corrected chi connectivity index (χ0v) is 11.6. The molecule has 1 amide bonds. The van der Waals surface area contributed by atoms with Gasteiger partial charge in [-0.2, -0.15) is 0 Å². The largest absolute Gasteiger partial charge is 0.479 e. The molecular weight excluding hydrogens is 309 g/mol. The third-order valence-corrected chi connectivity index (χ3v) is 3.21. The van der Waals surface area contributed by atoms with Crippen LogP contribution in [0, 0.1) is 0 Å². The quantitative estimate of drug-likeness (QED) is 0.931. The summed E-state index contributed by atoms with van der Waals surface area (Å²) in [6.45, 7) is 1.31. The summed E-state index contributed by atoms with van der Waals surface area (Å²) in [6, 6.07) is 3.81. The van der Waals surface area contributed by atoms with E-state index in [2.05, 4.69) is 15.9 Å². The van der Waals surface area contributed by atoms with E-state index in [-0.39, 0.29) is 5.91 Å². The van der Waals surface area contributed by atoms with Crippen LogP contribution in [0.3, 0.4) is 0 Å². The van der Waals surface area contributed by atoms with Gasteiger partial charge >= 0.3 is 5.97 Å². The summed E-state index contributed by atoms with van der Waals surface area (Å²) in [6.07, 6.45) is 0. The van der Waals surface area contributed by atoms with Crippen LogP contribution < -0.4 is 0 Å². The lowest BCUT2D eigenvalue weighted by atomic mass is 10.1. The smallest absolute Gasteiger partial charge is 0.331 e. The number of carbonyl (C=O) groups excluding carboxylic acids is 1. The molecule has 0 aliphatic heterocycles. The third-order valence-electron chi connectivity index (χ3n) is 2.37. The summed E-state index contributed by atoms with van der Waals surface area (Å²) in [5, 5.41) is 9.51. The second kappa shape index (κ2) is 5.51.